The van der Waals surface area contributed by atoms with Crippen molar-refractivity contribution in [1.29, 1.82) is 0 Å². The second-order valence-corrected chi connectivity index (χ2v) is 8.87. The number of methoxy groups -OCH3 is 1. The highest BCUT2D eigenvalue weighted by Crippen LogP contribution is 2.36. The smallest absolute Gasteiger partial charge is 0.212 e. The molecule has 0 spiro atoms. The van der Waals surface area contributed by atoms with Gasteiger partial charge >= 0.3 is 0 Å². The van der Waals surface area contributed by atoms with Crippen LogP contribution in [0.4, 0.5) is 5.82 Å². The average molecular weight is 410 g/mol. The number of hydrogen-bond acceptors (Lipinski definition) is 6. The van der Waals surface area contributed by atoms with E-state index in [1.54, 1.807) is 36.8 Å². The summed E-state index contributed by atoms with van der Waals surface area (Å²) in [5.41, 5.74) is 9.88. The van der Waals surface area contributed by atoms with E-state index in [1.807, 2.05) is 31.2 Å². The van der Waals surface area contributed by atoms with Crippen molar-refractivity contribution in [2.45, 2.75) is 30.2 Å². The van der Waals surface area contributed by atoms with E-state index in [1.165, 1.54) is 0 Å². The lowest BCUT2D eigenvalue weighted by Gasteiger charge is -2.10. The highest BCUT2D eigenvalue weighted by atomic mass is 32.2. The van der Waals surface area contributed by atoms with Crippen LogP contribution in [0.2, 0.25) is 0 Å². The summed E-state index contributed by atoms with van der Waals surface area (Å²) in [7, 11) is -2.33. The first-order chi connectivity index (χ1) is 13.8. The molecule has 4 aromatic rings. The number of ether oxygens (including phenoxy) is 1. The first-order valence-corrected chi connectivity index (χ1v) is 10.7. The minimum absolute atomic E-state index is 0.00411. The quantitative estimate of drug-likeness (QED) is 0.542. The van der Waals surface area contributed by atoms with Gasteiger partial charge in [0.2, 0.25) is 9.84 Å². The number of aryl methyl sites for hydroxylation is 2. The van der Waals surface area contributed by atoms with Crippen molar-refractivity contribution in [2.75, 3.05) is 19.5 Å². The first-order valence-electron chi connectivity index (χ1n) is 9.20. The van der Waals surface area contributed by atoms with E-state index >= 15 is 0 Å². The molecule has 0 saturated carbocycles. The predicted octanol–water partition coefficient (Wildman–Crippen LogP) is 3.26. The Morgan fingerprint density at radius 3 is 2.45 bits per heavy atom. The summed E-state index contributed by atoms with van der Waals surface area (Å²) in [4.78, 5) is 9.51. The molecule has 2 aromatic heterocycles. The SMILES string of the molecule is COCCn1c(N)c(S(=O)(=O)c2cc(C)ccc2C)c2nc3ccccc3nc21. The fraction of sp³-hybridized carbons (Fsp3) is 0.238. The molecule has 0 saturated heterocycles. The molecule has 0 atom stereocenters. The van der Waals surface area contributed by atoms with Crippen LogP contribution >= 0.6 is 0 Å². The summed E-state index contributed by atoms with van der Waals surface area (Å²) >= 11 is 0. The molecular weight excluding hydrogens is 388 g/mol. The molecule has 0 aliphatic heterocycles. The number of nitrogens with two attached hydrogens (primary N) is 1. The Morgan fingerprint density at radius 2 is 1.76 bits per heavy atom. The molecule has 0 amide bonds. The van der Waals surface area contributed by atoms with Gasteiger partial charge in [-0.3, -0.25) is 0 Å². The summed E-state index contributed by atoms with van der Waals surface area (Å²) in [5.74, 6) is 0.119. The monoisotopic (exact) mass is 410 g/mol. The number of nitrogen functional groups attached to an aromatic ring is 1. The molecule has 2 aromatic carbocycles. The van der Waals surface area contributed by atoms with Crippen molar-refractivity contribution in [3.05, 3.63) is 53.6 Å². The Balaban J connectivity index is 2.09. The number of aromatic nitrogens is 3. The highest BCUT2D eigenvalue weighted by Gasteiger charge is 2.31. The van der Waals surface area contributed by atoms with Gasteiger partial charge in [-0.05, 0) is 43.2 Å². The maximum absolute atomic E-state index is 13.7. The maximum Gasteiger partial charge on any atom is 0.212 e. The van der Waals surface area contributed by atoms with Crippen LogP contribution in [0.15, 0.2) is 52.3 Å². The third-order valence-corrected chi connectivity index (χ3v) is 6.93. The van der Waals surface area contributed by atoms with Crippen LogP contribution in [0, 0.1) is 13.8 Å². The Labute approximate surface area is 169 Å². The van der Waals surface area contributed by atoms with E-state index in [0.717, 1.165) is 5.56 Å². The molecule has 0 unspecified atom stereocenters. The number of hydrogen-bond donors (Lipinski definition) is 1. The molecule has 0 aliphatic carbocycles. The lowest BCUT2D eigenvalue weighted by molar-refractivity contribution is 0.188. The van der Waals surface area contributed by atoms with Gasteiger partial charge < -0.3 is 15.0 Å². The van der Waals surface area contributed by atoms with Gasteiger partial charge in [-0.2, -0.15) is 0 Å². The number of benzene rings is 2. The minimum atomic E-state index is -3.91. The Morgan fingerprint density at radius 1 is 1.07 bits per heavy atom. The summed E-state index contributed by atoms with van der Waals surface area (Å²) in [6.45, 7) is 4.37. The molecule has 0 fully saturated rings. The van der Waals surface area contributed by atoms with Crippen molar-refractivity contribution in [3.8, 4) is 0 Å². The number of sulfone groups is 1. The molecule has 0 bridgehead atoms. The van der Waals surface area contributed by atoms with Crippen LogP contribution in [0.3, 0.4) is 0 Å². The molecule has 29 heavy (non-hydrogen) atoms. The average Bonchev–Trinajstić information content (AvgIpc) is 2.97. The fourth-order valence-electron chi connectivity index (χ4n) is 3.47. The van der Waals surface area contributed by atoms with Crippen molar-refractivity contribution in [1.82, 2.24) is 14.5 Å². The van der Waals surface area contributed by atoms with E-state index < -0.39 is 9.84 Å². The van der Waals surface area contributed by atoms with Crippen LogP contribution < -0.4 is 5.73 Å². The van der Waals surface area contributed by atoms with Gasteiger partial charge in [-0.15, -0.1) is 0 Å². The molecule has 4 rings (SSSR count). The third-order valence-electron chi connectivity index (χ3n) is 4.97. The summed E-state index contributed by atoms with van der Waals surface area (Å²) < 4.78 is 34.2. The summed E-state index contributed by atoms with van der Waals surface area (Å²) in [5, 5.41) is 0. The second-order valence-electron chi connectivity index (χ2n) is 7.02. The molecule has 150 valence electrons. The lowest BCUT2D eigenvalue weighted by atomic mass is 10.2. The molecule has 0 aliphatic rings. The number of rotatable bonds is 5. The van der Waals surface area contributed by atoms with Gasteiger partial charge in [-0.1, -0.05) is 24.3 Å². The van der Waals surface area contributed by atoms with Gasteiger partial charge in [-0.25, -0.2) is 18.4 Å². The Kier molecular flexibility index (Phi) is 4.76. The molecule has 8 heteroatoms. The fourth-order valence-corrected chi connectivity index (χ4v) is 5.30. The maximum atomic E-state index is 13.7. The van der Waals surface area contributed by atoms with Crippen molar-refractivity contribution >= 4 is 37.9 Å². The van der Waals surface area contributed by atoms with E-state index in [-0.39, 0.29) is 21.1 Å². The largest absolute Gasteiger partial charge is 0.384 e. The van der Waals surface area contributed by atoms with E-state index in [9.17, 15) is 8.42 Å². The predicted molar refractivity (Wildman–Crippen MR) is 113 cm³/mol. The van der Waals surface area contributed by atoms with E-state index in [4.69, 9.17) is 10.5 Å². The van der Waals surface area contributed by atoms with Gasteiger partial charge in [0.1, 0.15) is 16.2 Å². The lowest BCUT2D eigenvalue weighted by Crippen LogP contribution is -2.11. The second kappa shape index (κ2) is 7.13. The van der Waals surface area contributed by atoms with Gasteiger partial charge in [0.05, 0.1) is 22.5 Å². The number of fused-ring (bicyclic) bond motifs is 2. The van der Waals surface area contributed by atoms with Crippen LogP contribution in [-0.2, 0) is 21.1 Å². The normalized spacial score (nSPS) is 12.1. The molecule has 0 radical (unpaired) electrons. The molecule has 2 N–H and O–H groups in total. The van der Waals surface area contributed by atoms with Crippen LogP contribution in [0.5, 0.6) is 0 Å². The number of nitrogens with zero attached hydrogens (tertiary/aromatic N) is 3. The van der Waals surface area contributed by atoms with Gasteiger partial charge in [0, 0.05) is 13.7 Å². The summed E-state index contributed by atoms with van der Waals surface area (Å²) in [6, 6.07) is 12.7. The van der Waals surface area contributed by atoms with Crippen molar-refractivity contribution in [2.24, 2.45) is 0 Å². The number of anilines is 1. The third kappa shape index (κ3) is 3.14. The van der Waals surface area contributed by atoms with Crippen molar-refractivity contribution < 1.29 is 13.2 Å². The van der Waals surface area contributed by atoms with Gasteiger partial charge in [0.25, 0.3) is 0 Å². The Hall–Kier alpha value is -2.97. The standard InChI is InChI=1S/C21H22N4O3S/c1-13-8-9-14(2)17(12-13)29(26,27)19-18-21(25(20(19)22)10-11-28-3)24-16-7-5-4-6-15(16)23-18/h4-9,12H,10-11,22H2,1-3H3. The van der Waals surface area contributed by atoms with Crippen LogP contribution in [-0.4, -0.2) is 36.7 Å². The van der Waals surface area contributed by atoms with E-state index in [2.05, 4.69) is 9.97 Å². The van der Waals surface area contributed by atoms with Crippen LogP contribution in [0.25, 0.3) is 22.2 Å². The summed E-state index contributed by atoms with van der Waals surface area (Å²) in [6.07, 6.45) is 0. The molecule has 2 heterocycles. The minimum Gasteiger partial charge on any atom is -0.384 e. The van der Waals surface area contributed by atoms with Crippen molar-refractivity contribution in [3.63, 3.8) is 0 Å². The first kappa shape index (κ1) is 19.4. The topological polar surface area (TPSA) is 100 Å². The zero-order valence-corrected chi connectivity index (χ0v) is 17.3. The zero-order chi connectivity index (χ0) is 20.8. The Bertz CT molecular complexity index is 1340. The number of para-hydroxylation sites is 2. The van der Waals surface area contributed by atoms with E-state index in [0.29, 0.717) is 35.4 Å². The van der Waals surface area contributed by atoms with Crippen LogP contribution in [0.1, 0.15) is 11.1 Å². The van der Waals surface area contributed by atoms with Gasteiger partial charge in [0.15, 0.2) is 5.65 Å². The molecular formula is C21H22N4O3S. The molecule has 7 nitrogen and oxygen atoms in total. The highest BCUT2D eigenvalue weighted by molar-refractivity contribution is 7.92. The zero-order valence-electron chi connectivity index (χ0n) is 16.5.